The van der Waals surface area contributed by atoms with Crippen molar-refractivity contribution in [3.05, 3.63) is 64.7 Å². The lowest BCUT2D eigenvalue weighted by Crippen LogP contribution is -2.69. The van der Waals surface area contributed by atoms with E-state index in [1.807, 2.05) is 0 Å². The van der Waals surface area contributed by atoms with E-state index in [4.69, 9.17) is 37.9 Å². The third-order valence-electron chi connectivity index (χ3n) is 8.10. The van der Waals surface area contributed by atoms with Crippen molar-refractivity contribution in [2.45, 2.75) is 117 Å². The first kappa shape index (κ1) is 44.8. The third kappa shape index (κ3) is 12.8. The summed E-state index contributed by atoms with van der Waals surface area (Å²) in [6, 6.07) is 10.2. The number of alkyl carbamates (subject to hydrolysis) is 1. The molecule has 0 radical (unpaired) electrons. The Balaban J connectivity index is 2.17. The summed E-state index contributed by atoms with van der Waals surface area (Å²) < 4.78 is 45.4. The molecule has 2 aromatic carbocycles. The molecule has 1 aliphatic rings. The summed E-state index contributed by atoms with van der Waals surface area (Å²) in [6.07, 6.45) is -8.03. The first-order chi connectivity index (χ1) is 26.1. The maximum absolute atomic E-state index is 13.7. The molecule has 0 aliphatic carbocycles. The minimum absolute atomic E-state index is 0.147. The summed E-state index contributed by atoms with van der Waals surface area (Å²) >= 11 is 0. The second kappa shape index (κ2) is 19.4. The van der Waals surface area contributed by atoms with Gasteiger partial charge in [0.05, 0.1) is 32.7 Å². The molecule has 2 N–H and O–H groups in total. The molecule has 56 heavy (non-hydrogen) atoms. The van der Waals surface area contributed by atoms with Crippen molar-refractivity contribution >= 4 is 41.8 Å². The first-order valence-electron chi connectivity index (χ1n) is 17.7. The van der Waals surface area contributed by atoms with Gasteiger partial charge in [0.2, 0.25) is 0 Å². The maximum atomic E-state index is 13.7. The normalized spacial score (nSPS) is 20.3. The van der Waals surface area contributed by atoms with E-state index in [9.17, 15) is 33.6 Å². The molecule has 1 saturated heterocycles. The van der Waals surface area contributed by atoms with Crippen LogP contribution in [0.15, 0.2) is 42.5 Å². The first-order valence-corrected chi connectivity index (χ1v) is 17.7. The second-order valence-electron chi connectivity index (χ2n) is 14.1. The van der Waals surface area contributed by atoms with Crippen molar-refractivity contribution in [3.63, 3.8) is 0 Å². The third-order valence-corrected chi connectivity index (χ3v) is 8.10. The Labute approximate surface area is 324 Å². The second-order valence-corrected chi connectivity index (χ2v) is 14.1. The quantitative estimate of drug-likeness (QED) is 0.159. The molecule has 0 unspecified atom stereocenters. The Bertz CT molecular complexity index is 1750. The van der Waals surface area contributed by atoms with Crippen molar-refractivity contribution in [2.24, 2.45) is 0 Å². The minimum Gasteiger partial charge on any atom is -0.465 e. The molecule has 3 rings (SSSR count). The Morgan fingerprint density at radius 2 is 1.48 bits per heavy atom. The number of hydrogen-bond acceptors (Lipinski definition) is 15. The summed E-state index contributed by atoms with van der Waals surface area (Å²) in [5.74, 6) is -6.99. The summed E-state index contributed by atoms with van der Waals surface area (Å²) in [5.41, 5.74) is 0.717. The number of esters is 5. The standard InChI is InChI=1S/C39H50N2O15/c1-21-16-28(17-22(2)32(21)53-25(5)44)35(46)40-19-30(52-24(4)43)33(54-26(6)45)34-31(41-37(48)56-38(7,8)9)29(51-23(3)42)18-39(55-34,36(47)49-10)50-20-27-14-12-11-13-15-27/h11-17,29-31,33-34H,18-20H2,1-10H3,(H,40,46)(H,41,48)/t29-,30+,31+,33+,34+,39+/m0/s1. The SMILES string of the molecule is COC(=O)[C@@]1(OCc2ccccc2)C[C@H](OC(C)=O)[C@@H](NC(=O)OC(C)(C)C)[C@H]([C@H](OC(C)=O)[C@@H](CNC(=O)c2cc(C)c(OC(C)=O)c(C)c2)OC(C)=O)O1. The minimum atomic E-state index is -2.37. The molecular weight excluding hydrogens is 736 g/mol. The van der Waals surface area contributed by atoms with Crippen molar-refractivity contribution in [3.8, 4) is 5.75 Å². The molecule has 6 atom stereocenters. The van der Waals surface area contributed by atoms with Crippen LogP contribution in [0.1, 0.15) is 81.9 Å². The summed E-state index contributed by atoms with van der Waals surface area (Å²) in [7, 11) is 1.07. The zero-order valence-electron chi connectivity index (χ0n) is 33.2. The monoisotopic (exact) mass is 786 g/mol. The van der Waals surface area contributed by atoms with Gasteiger partial charge in [0, 0.05) is 33.3 Å². The lowest BCUT2D eigenvalue weighted by atomic mass is 9.88. The van der Waals surface area contributed by atoms with Crippen LogP contribution in [-0.4, -0.2) is 97.3 Å². The van der Waals surface area contributed by atoms with Crippen molar-refractivity contribution in [1.29, 1.82) is 0 Å². The molecule has 0 spiro atoms. The fraction of sp³-hybridized carbons (Fsp3) is 0.513. The van der Waals surface area contributed by atoms with Crippen molar-refractivity contribution in [1.82, 2.24) is 10.6 Å². The van der Waals surface area contributed by atoms with Gasteiger partial charge in [-0.2, -0.15) is 0 Å². The lowest BCUT2D eigenvalue weighted by Gasteiger charge is -2.48. The Hall–Kier alpha value is -5.55. The van der Waals surface area contributed by atoms with E-state index in [2.05, 4.69) is 10.6 Å². The number of ether oxygens (including phenoxy) is 8. The number of rotatable bonds is 14. The van der Waals surface area contributed by atoms with Crippen LogP contribution in [0, 0.1) is 13.8 Å². The van der Waals surface area contributed by atoms with Crippen LogP contribution in [-0.2, 0) is 63.7 Å². The number of hydrogen-bond donors (Lipinski definition) is 2. The van der Waals surface area contributed by atoms with Gasteiger partial charge in [-0.25, -0.2) is 9.59 Å². The van der Waals surface area contributed by atoms with Gasteiger partial charge in [-0.05, 0) is 63.4 Å². The fourth-order valence-corrected chi connectivity index (χ4v) is 6.04. The Morgan fingerprint density at radius 1 is 0.875 bits per heavy atom. The number of methoxy groups -OCH3 is 1. The van der Waals surface area contributed by atoms with Crippen LogP contribution in [0.3, 0.4) is 0 Å². The van der Waals surface area contributed by atoms with Gasteiger partial charge >= 0.3 is 35.9 Å². The van der Waals surface area contributed by atoms with Crippen LogP contribution in [0.25, 0.3) is 0 Å². The van der Waals surface area contributed by atoms with E-state index in [-0.39, 0.29) is 17.9 Å². The smallest absolute Gasteiger partial charge is 0.408 e. The van der Waals surface area contributed by atoms with E-state index in [1.165, 1.54) is 19.1 Å². The van der Waals surface area contributed by atoms with E-state index in [0.29, 0.717) is 16.7 Å². The summed E-state index contributed by atoms with van der Waals surface area (Å²) in [4.78, 5) is 90.2. The van der Waals surface area contributed by atoms with Gasteiger partial charge in [-0.3, -0.25) is 24.0 Å². The Kier molecular flexibility index (Phi) is 15.5. The molecule has 2 aromatic rings. The molecule has 0 bridgehead atoms. The van der Waals surface area contributed by atoms with E-state index in [1.54, 1.807) is 65.0 Å². The highest BCUT2D eigenvalue weighted by molar-refractivity contribution is 5.95. The summed E-state index contributed by atoms with van der Waals surface area (Å²) in [5, 5.41) is 5.26. The molecule has 2 amide bonds. The molecule has 17 heteroatoms. The zero-order chi connectivity index (χ0) is 42.0. The highest BCUT2D eigenvalue weighted by atomic mass is 16.7. The topological polar surface area (TPSA) is 217 Å². The van der Waals surface area contributed by atoms with Gasteiger partial charge in [-0.1, -0.05) is 30.3 Å². The van der Waals surface area contributed by atoms with Gasteiger partial charge in [0.25, 0.3) is 11.7 Å². The van der Waals surface area contributed by atoms with Gasteiger partial charge in [0.1, 0.15) is 23.6 Å². The maximum Gasteiger partial charge on any atom is 0.408 e. The number of amides is 2. The molecule has 17 nitrogen and oxygen atoms in total. The van der Waals surface area contributed by atoms with Crippen molar-refractivity contribution in [2.75, 3.05) is 13.7 Å². The molecule has 0 saturated carbocycles. The predicted octanol–water partition coefficient (Wildman–Crippen LogP) is 3.52. The molecule has 0 aromatic heterocycles. The van der Waals surface area contributed by atoms with E-state index < -0.39 is 96.7 Å². The highest BCUT2D eigenvalue weighted by Crippen LogP contribution is 2.38. The van der Waals surface area contributed by atoms with Crippen LogP contribution < -0.4 is 15.4 Å². The van der Waals surface area contributed by atoms with Gasteiger partial charge in [-0.15, -0.1) is 0 Å². The highest BCUT2D eigenvalue weighted by Gasteiger charge is 2.59. The number of carbonyl (C=O) groups excluding carboxylic acids is 7. The predicted molar refractivity (Wildman–Crippen MR) is 195 cm³/mol. The lowest BCUT2D eigenvalue weighted by molar-refractivity contribution is -0.316. The molecule has 1 aliphatic heterocycles. The number of nitrogens with one attached hydrogen (secondary N) is 2. The van der Waals surface area contributed by atoms with E-state index in [0.717, 1.165) is 27.9 Å². The molecule has 1 heterocycles. The largest absolute Gasteiger partial charge is 0.465 e. The van der Waals surface area contributed by atoms with Gasteiger partial charge < -0.3 is 48.5 Å². The van der Waals surface area contributed by atoms with Crippen LogP contribution >= 0.6 is 0 Å². The average Bonchev–Trinajstić information content (AvgIpc) is 3.09. The summed E-state index contributed by atoms with van der Waals surface area (Å²) in [6.45, 7) is 11.8. The number of aryl methyl sites for hydroxylation is 2. The van der Waals surface area contributed by atoms with Crippen molar-refractivity contribution < 1.29 is 71.5 Å². The van der Waals surface area contributed by atoms with Crippen LogP contribution in [0.2, 0.25) is 0 Å². The fourth-order valence-electron chi connectivity index (χ4n) is 6.04. The Morgan fingerprint density at radius 3 is 2.00 bits per heavy atom. The van der Waals surface area contributed by atoms with E-state index >= 15 is 0 Å². The molecule has 1 fully saturated rings. The van der Waals surface area contributed by atoms with Gasteiger partial charge in [0.15, 0.2) is 12.2 Å². The number of carbonyl (C=O) groups is 7. The molecular formula is C39H50N2O15. The molecule has 306 valence electrons. The van der Waals surface area contributed by atoms with Crippen LogP contribution in [0.4, 0.5) is 4.79 Å². The number of benzene rings is 2. The van der Waals surface area contributed by atoms with Crippen LogP contribution in [0.5, 0.6) is 5.75 Å². The zero-order valence-corrected chi connectivity index (χ0v) is 33.2. The average molecular weight is 787 g/mol.